The largest absolute Gasteiger partial charge is 0.389 e. The van der Waals surface area contributed by atoms with E-state index in [9.17, 15) is 13.2 Å². The third-order valence-electron chi connectivity index (χ3n) is 2.90. The lowest BCUT2D eigenvalue weighted by Crippen LogP contribution is -2.26. The number of hydrogen-bond acceptors (Lipinski definition) is 2. The van der Waals surface area contributed by atoms with Crippen molar-refractivity contribution in [2.45, 2.75) is 58.3 Å². The molecule has 0 aliphatic carbocycles. The molecule has 3 nitrogen and oxygen atoms in total. The van der Waals surface area contributed by atoms with Gasteiger partial charge in [-0.1, -0.05) is 13.8 Å². The van der Waals surface area contributed by atoms with Crippen molar-refractivity contribution in [3.05, 3.63) is 18.0 Å². The predicted molar refractivity (Wildman–Crippen MR) is 68.8 cm³/mol. The summed E-state index contributed by atoms with van der Waals surface area (Å²) in [5, 5.41) is 7.36. The number of rotatable bonds is 8. The molecule has 0 bridgehead atoms. The van der Waals surface area contributed by atoms with Gasteiger partial charge in [-0.3, -0.25) is 4.68 Å². The molecule has 6 heteroatoms. The molecule has 0 saturated heterocycles. The first kappa shape index (κ1) is 16.0. The van der Waals surface area contributed by atoms with E-state index in [-0.39, 0.29) is 12.5 Å². The maximum absolute atomic E-state index is 12.4. The molecular formula is C13H22F3N3. The molecule has 0 aliphatic heterocycles. The van der Waals surface area contributed by atoms with E-state index in [4.69, 9.17) is 0 Å². The highest BCUT2D eigenvalue weighted by Crippen LogP contribution is 2.27. The van der Waals surface area contributed by atoms with Crippen LogP contribution < -0.4 is 5.32 Å². The molecule has 0 amide bonds. The van der Waals surface area contributed by atoms with Gasteiger partial charge in [-0.25, -0.2) is 0 Å². The molecule has 0 spiro atoms. The topological polar surface area (TPSA) is 29.9 Å². The average Bonchev–Trinajstić information content (AvgIpc) is 2.77. The standard InChI is InChI=1S/C13H22F3N3/c1-3-8-17-11(5-7-13(14,15)16)12-6-9-18-19(12)10-4-2/h6,9,11,17H,3-5,7-8,10H2,1-2H3. The SMILES string of the molecule is CCCNC(CCC(F)(F)F)c1ccnn1CCC. The second-order valence-corrected chi connectivity index (χ2v) is 4.64. The van der Waals surface area contributed by atoms with E-state index in [0.29, 0.717) is 6.54 Å². The summed E-state index contributed by atoms with van der Waals surface area (Å²) in [5.74, 6) is 0. The normalized spacial score (nSPS) is 13.7. The molecule has 0 aliphatic rings. The summed E-state index contributed by atoms with van der Waals surface area (Å²) in [6.07, 6.45) is -1.37. The zero-order valence-electron chi connectivity index (χ0n) is 11.5. The van der Waals surface area contributed by atoms with Crippen LogP contribution in [0.5, 0.6) is 0 Å². The van der Waals surface area contributed by atoms with Crippen LogP contribution in [0.1, 0.15) is 51.3 Å². The number of nitrogens with zero attached hydrogens (tertiary/aromatic N) is 2. The summed E-state index contributed by atoms with van der Waals surface area (Å²) in [7, 11) is 0. The van der Waals surface area contributed by atoms with Crippen molar-refractivity contribution in [3.63, 3.8) is 0 Å². The summed E-state index contributed by atoms with van der Waals surface area (Å²) in [5.41, 5.74) is 0.847. The fourth-order valence-corrected chi connectivity index (χ4v) is 2.02. The van der Waals surface area contributed by atoms with E-state index < -0.39 is 12.6 Å². The molecule has 0 fully saturated rings. The van der Waals surface area contributed by atoms with Crippen molar-refractivity contribution in [3.8, 4) is 0 Å². The minimum absolute atomic E-state index is 0.0545. The molecule has 1 unspecified atom stereocenters. The van der Waals surface area contributed by atoms with Crippen LogP contribution >= 0.6 is 0 Å². The maximum atomic E-state index is 12.4. The Kier molecular flexibility index (Phi) is 6.34. The Morgan fingerprint density at radius 3 is 2.63 bits per heavy atom. The lowest BCUT2D eigenvalue weighted by atomic mass is 10.1. The minimum atomic E-state index is -4.11. The van der Waals surface area contributed by atoms with Gasteiger partial charge in [0.2, 0.25) is 0 Å². The second-order valence-electron chi connectivity index (χ2n) is 4.64. The first-order valence-corrected chi connectivity index (χ1v) is 6.79. The van der Waals surface area contributed by atoms with Crippen LogP contribution in [0, 0.1) is 0 Å². The van der Waals surface area contributed by atoms with Gasteiger partial charge < -0.3 is 5.32 Å². The van der Waals surface area contributed by atoms with Crippen LogP contribution in [0.25, 0.3) is 0 Å². The molecule has 110 valence electrons. The van der Waals surface area contributed by atoms with E-state index in [1.165, 1.54) is 0 Å². The summed E-state index contributed by atoms with van der Waals surface area (Å²) in [6.45, 7) is 5.46. The second kappa shape index (κ2) is 7.53. The number of aromatic nitrogens is 2. The molecule has 0 radical (unpaired) electrons. The Morgan fingerprint density at radius 1 is 1.32 bits per heavy atom. The first-order valence-electron chi connectivity index (χ1n) is 6.79. The van der Waals surface area contributed by atoms with Crippen molar-refractivity contribution >= 4 is 0 Å². The van der Waals surface area contributed by atoms with Crippen molar-refractivity contribution in [1.82, 2.24) is 15.1 Å². The van der Waals surface area contributed by atoms with Crippen molar-refractivity contribution < 1.29 is 13.2 Å². The fourth-order valence-electron chi connectivity index (χ4n) is 2.02. The number of aryl methyl sites for hydroxylation is 1. The summed E-state index contributed by atoms with van der Waals surface area (Å²) >= 11 is 0. The van der Waals surface area contributed by atoms with Gasteiger partial charge in [0.05, 0.1) is 5.69 Å². The molecule has 1 aromatic heterocycles. The summed E-state index contributed by atoms with van der Waals surface area (Å²) in [4.78, 5) is 0. The Morgan fingerprint density at radius 2 is 2.05 bits per heavy atom. The van der Waals surface area contributed by atoms with Crippen LogP contribution in [0.4, 0.5) is 13.2 Å². The van der Waals surface area contributed by atoms with Crippen LogP contribution in [0.2, 0.25) is 0 Å². The lowest BCUT2D eigenvalue weighted by Gasteiger charge is -2.20. The van der Waals surface area contributed by atoms with Gasteiger partial charge in [-0.2, -0.15) is 18.3 Å². The van der Waals surface area contributed by atoms with Gasteiger partial charge in [0.15, 0.2) is 0 Å². The van der Waals surface area contributed by atoms with Gasteiger partial charge >= 0.3 is 6.18 Å². The number of hydrogen-bond donors (Lipinski definition) is 1. The third kappa shape index (κ3) is 5.63. The highest BCUT2D eigenvalue weighted by atomic mass is 19.4. The zero-order chi connectivity index (χ0) is 14.3. The van der Waals surface area contributed by atoms with Crippen molar-refractivity contribution in [2.24, 2.45) is 0 Å². The van der Waals surface area contributed by atoms with Gasteiger partial charge in [0, 0.05) is 25.2 Å². The Bertz CT molecular complexity index is 360. The number of alkyl halides is 3. The van der Waals surface area contributed by atoms with Crippen LogP contribution in [0.15, 0.2) is 12.3 Å². The minimum Gasteiger partial charge on any atom is -0.309 e. The van der Waals surface area contributed by atoms with Crippen molar-refractivity contribution in [1.29, 1.82) is 0 Å². The zero-order valence-corrected chi connectivity index (χ0v) is 11.5. The molecule has 1 aromatic rings. The Hall–Kier alpha value is -1.04. The smallest absolute Gasteiger partial charge is 0.309 e. The number of halogens is 3. The molecular weight excluding hydrogens is 255 g/mol. The van der Waals surface area contributed by atoms with Crippen molar-refractivity contribution in [2.75, 3.05) is 6.54 Å². The molecule has 0 aromatic carbocycles. The van der Waals surface area contributed by atoms with Gasteiger partial charge in [0.1, 0.15) is 0 Å². The monoisotopic (exact) mass is 277 g/mol. The van der Waals surface area contributed by atoms with Gasteiger partial charge in [-0.05, 0) is 31.9 Å². The molecule has 1 atom stereocenters. The van der Waals surface area contributed by atoms with E-state index in [0.717, 1.165) is 25.1 Å². The molecule has 1 rings (SSSR count). The Balaban J connectivity index is 2.74. The van der Waals surface area contributed by atoms with E-state index in [2.05, 4.69) is 10.4 Å². The number of nitrogens with one attached hydrogen (secondary N) is 1. The highest BCUT2D eigenvalue weighted by molar-refractivity contribution is 5.07. The van der Waals surface area contributed by atoms with Crippen LogP contribution in [0.3, 0.4) is 0 Å². The quantitative estimate of drug-likeness (QED) is 0.785. The summed E-state index contributed by atoms with van der Waals surface area (Å²) in [6, 6.07) is 1.52. The molecule has 19 heavy (non-hydrogen) atoms. The van der Waals surface area contributed by atoms with Crippen LogP contribution in [-0.4, -0.2) is 22.5 Å². The highest BCUT2D eigenvalue weighted by Gasteiger charge is 2.29. The lowest BCUT2D eigenvalue weighted by molar-refractivity contribution is -0.136. The maximum Gasteiger partial charge on any atom is 0.389 e. The Labute approximate surface area is 112 Å². The predicted octanol–water partition coefficient (Wildman–Crippen LogP) is 3.68. The molecule has 1 N–H and O–H groups in total. The molecule has 1 heterocycles. The summed E-state index contributed by atoms with van der Waals surface area (Å²) < 4.78 is 38.9. The fraction of sp³-hybridized carbons (Fsp3) is 0.769. The van der Waals surface area contributed by atoms with Crippen LogP contribution in [-0.2, 0) is 6.54 Å². The van der Waals surface area contributed by atoms with E-state index in [1.54, 1.807) is 16.9 Å². The van der Waals surface area contributed by atoms with E-state index in [1.807, 2.05) is 13.8 Å². The van der Waals surface area contributed by atoms with Gasteiger partial charge in [-0.15, -0.1) is 0 Å². The third-order valence-corrected chi connectivity index (χ3v) is 2.90. The van der Waals surface area contributed by atoms with Gasteiger partial charge in [0.25, 0.3) is 0 Å². The average molecular weight is 277 g/mol. The van der Waals surface area contributed by atoms with E-state index >= 15 is 0 Å². The molecule has 0 saturated carbocycles. The first-order chi connectivity index (χ1) is 8.98.